The molecule has 1 fully saturated rings. The van der Waals surface area contributed by atoms with Gasteiger partial charge in [-0.3, -0.25) is 10.1 Å². The van der Waals surface area contributed by atoms with Crippen molar-refractivity contribution >= 4 is 21.4 Å². The second-order valence-electron chi connectivity index (χ2n) is 4.93. The Morgan fingerprint density at radius 3 is 2.71 bits per heavy atom. The molecule has 0 unspecified atom stereocenters. The molecule has 0 aromatic heterocycles. The molecule has 1 aromatic carbocycles. The maximum Gasteiger partial charge on any atom is 0.293 e. The van der Waals surface area contributed by atoms with E-state index in [1.165, 1.54) is 12.1 Å². The summed E-state index contributed by atoms with van der Waals surface area (Å²) >= 11 is 0. The summed E-state index contributed by atoms with van der Waals surface area (Å²) in [4.78, 5) is 12.1. The van der Waals surface area contributed by atoms with E-state index in [9.17, 15) is 18.5 Å². The van der Waals surface area contributed by atoms with Crippen molar-refractivity contribution in [3.8, 4) is 0 Å². The highest BCUT2D eigenvalue weighted by atomic mass is 32.2. The highest BCUT2D eigenvalue weighted by molar-refractivity contribution is 7.89. The van der Waals surface area contributed by atoms with Crippen molar-refractivity contribution in [3.05, 3.63) is 28.3 Å². The zero-order valence-electron chi connectivity index (χ0n) is 11.6. The molecule has 1 atom stereocenters. The molecule has 8 nitrogen and oxygen atoms in total. The zero-order valence-corrected chi connectivity index (χ0v) is 12.4. The van der Waals surface area contributed by atoms with Crippen LogP contribution in [0.1, 0.15) is 12.8 Å². The minimum atomic E-state index is -3.97. The van der Waals surface area contributed by atoms with E-state index >= 15 is 0 Å². The highest BCUT2D eigenvalue weighted by Gasteiger charge is 2.26. The second kappa shape index (κ2) is 5.96. The fourth-order valence-electron chi connectivity index (χ4n) is 2.35. The van der Waals surface area contributed by atoms with Crippen LogP contribution < -0.4 is 10.0 Å². The standard InChI is InChI=1S/C12H17N3O5S/c1-14(9-3-2-6-20-8-9)11-5-4-10(21(13,18)19)7-12(11)15(16)17/h4-5,7,9H,2-3,6,8H2,1H3,(H2,13,18,19)/t9-/m0/s1. The van der Waals surface area contributed by atoms with Gasteiger partial charge in [0.2, 0.25) is 10.0 Å². The lowest BCUT2D eigenvalue weighted by Gasteiger charge is -2.32. The minimum Gasteiger partial charge on any atom is -0.379 e. The molecule has 1 aliphatic heterocycles. The molecule has 9 heteroatoms. The summed E-state index contributed by atoms with van der Waals surface area (Å²) in [5.41, 5.74) is 0.0671. The Morgan fingerprint density at radius 1 is 1.48 bits per heavy atom. The molecule has 1 heterocycles. The molecule has 0 amide bonds. The summed E-state index contributed by atoms with van der Waals surface area (Å²) in [5.74, 6) is 0. The van der Waals surface area contributed by atoms with Crippen LogP contribution in [0.4, 0.5) is 11.4 Å². The molecule has 0 aliphatic carbocycles. The van der Waals surface area contributed by atoms with E-state index in [1.807, 2.05) is 0 Å². The number of hydrogen-bond acceptors (Lipinski definition) is 6. The van der Waals surface area contributed by atoms with Gasteiger partial charge in [-0.05, 0) is 25.0 Å². The average Bonchev–Trinajstić information content (AvgIpc) is 2.45. The smallest absolute Gasteiger partial charge is 0.293 e. The number of hydrogen-bond donors (Lipinski definition) is 1. The number of anilines is 1. The fourth-order valence-corrected chi connectivity index (χ4v) is 2.88. The van der Waals surface area contributed by atoms with E-state index in [2.05, 4.69) is 0 Å². The Morgan fingerprint density at radius 2 is 2.19 bits per heavy atom. The van der Waals surface area contributed by atoms with Crippen LogP contribution in [0, 0.1) is 10.1 Å². The van der Waals surface area contributed by atoms with E-state index in [4.69, 9.17) is 9.88 Å². The summed E-state index contributed by atoms with van der Waals surface area (Å²) in [7, 11) is -2.24. The SMILES string of the molecule is CN(c1ccc(S(N)(=O)=O)cc1[N+](=O)[O-])[C@H]1CCCOC1. The number of nitrogens with two attached hydrogens (primary N) is 1. The number of nitrogens with zero attached hydrogens (tertiary/aromatic N) is 2. The molecule has 0 radical (unpaired) electrons. The van der Waals surface area contributed by atoms with Gasteiger partial charge in [0.15, 0.2) is 0 Å². The van der Waals surface area contributed by atoms with Gasteiger partial charge >= 0.3 is 0 Å². The number of ether oxygens (including phenoxy) is 1. The van der Waals surface area contributed by atoms with Crippen molar-refractivity contribution in [1.29, 1.82) is 0 Å². The molecule has 0 saturated carbocycles. The first-order chi connectivity index (χ1) is 9.80. The van der Waals surface area contributed by atoms with Gasteiger partial charge in [0, 0.05) is 19.7 Å². The molecular weight excluding hydrogens is 298 g/mol. The van der Waals surface area contributed by atoms with Crippen LogP contribution in [0.2, 0.25) is 0 Å². The first kappa shape index (κ1) is 15.7. The predicted molar refractivity (Wildman–Crippen MR) is 76.7 cm³/mol. The molecule has 2 N–H and O–H groups in total. The number of rotatable bonds is 4. The molecule has 1 saturated heterocycles. The molecule has 1 aliphatic rings. The Bertz CT molecular complexity index is 640. The molecule has 0 bridgehead atoms. The Labute approximate surface area is 122 Å². The summed E-state index contributed by atoms with van der Waals surface area (Å²) in [6.45, 7) is 1.18. The summed E-state index contributed by atoms with van der Waals surface area (Å²) in [6, 6.07) is 3.70. The summed E-state index contributed by atoms with van der Waals surface area (Å²) in [5, 5.41) is 16.2. The van der Waals surface area contributed by atoms with Crippen LogP contribution in [-0.2, 0) is 14.8 Å². The largest absolute Gasteiger partial charge is 0.379 e. The van der Waals surface area contributed by atoms with E-state index in [-0.39, 0.29) is 16.6 Å². The summed E-state index contributed by atoms with van der Waals surface area (Å²) < 4.78 is 28.0. The van der Waals surface area contributed by atoms with Gasteiger partial charge in [0.25, 0.3) is 5.69 Å². The first-order valence-electron chi connectivity index (χ1n) is 6.42. The lowest BCUT2D eigenvalue weighted by atomic mass is 10.1. The van der Waals surface area contributed by atoms with Gasteiger partial charge in [0.05, 0.1) is 22.5 Å². The van der Waals surface area contributed by atoms with Gasteiger partial charge in [-0.15, -0.1) is 0 Å². The topological polar surface area (TPSA) is 116 Å². The normalized spacial score (nSPS) is 19.2. The minimum absolute atomic E-state index is 0.0257. The maximum atomic E-state index is 11.3. The molecule has 2 rings (SSSR count). The van der Waals surface area contributed by atoms with Crippen LogP contribution in [0.15, 0.2) is 23.1 Å². The van der Waals surface area contributed by atoms with Crippen LogP contribution in [-0.4, -0.2) is 39.6 Å². The van der Waals surface area contributed by atoms with E-state index in [0.29, 0.717) is 18.9 Å². The Balaban J connectivity index is 2.40. The first-order valence-corrected chi connectivity index (χ1v) is 7.97. The van der Waals surface area contributed by atoms with Gasteiger partial charge < -0.3 is 9.64 Å². The molecule has 21 heavy (non-hydrogen) atoms. The number of benzene rings is 1. The fraction of sp³-hybridized carbons (Fsp3) is 0.500. The van der Waals surface area contributed by atoms with Crippen LogP contribution in [0.5, 0.6) is 0 Å². The molecule has 0 spiro atoms. The Hall–Kier alpha value is -1.71. The lowest BCUT2D eigenvalue weighted by molar-refractivity contribution is -0.384. The third-order valence-corrected chi connectivity index (χ3v) is 4.45. The number of primary sulfonamides is 1. The second-order valence-corrected chi connectivity index (χ2v) is 6.50. The van der Waals surface area contributed by atoms with Crippen molar-refractivity contribution in [2.24, 2.45) is 5.14 Å². The van der Waals surface area contributed by atoms with Gasteiger partial charge in [0.1, 0.15) is 5.69 Å². The van der Waals surface area contributed by atoms with E-state index in [0.717, 1.165) is 18.9 Å². The maximum absolute atomic E-state index is 11.3. The third-order valence-electron chi connectivity index (χ3n) is 3.54. The zero-order chi connectivity index (χ0) is 15.6. The van der Waals surface area contributed by atoms with Crippen molar-refractivity contribution < 1.29 is 18.1 Å². The van der Waals surface area contributed by atoms with Crippen LogP contribution in [0.3, 0.4) is 0 Å². The predicted octanol–water partition coefficient (Wildman–Crippen LogP) is 0.857. The summed E-state index contributed by atoms with van der Waals surface area (Å²) in [6.07, 6.45) is 1.75. The monoisotopic (exact) mass is 315 g/mol. The van der Waals surface area contributed by atoms with Gasteiger partial charge in [-0.25, -0.2) is 13.6 Å². The van der Waals surface area contributed by atoms with Crippen LogP contribution in [0.25, 0.3) is 0 Å². The number of likely N-dealkylation sites (N-methyl/N-ethyl adjacent to an activating group) is 1. The third kappa shape index (κ3) is 3.49. The quantitative estimate of drug-likeness (QED) is 0.650. The number of nitro groups is 1. The van der Waals surface area contributed by atoms with Crippen molar-refractivity contribution in [3.63, 3.8) is 0 Å². The van der Waals surface area contributed by atoms with Gasteiger partial charge in [-0.1, -0.05) is 0 Å². The highest BCUT2D eigenvalue weighted by Crippen LogP contribution is 2.32. The lowest BCUT2D eigenvalue weighted by Crippen LogP contribution is -2.38. The number of sulfonamides is 1. The molecule has 1 aromatic rings. The molecular formula is C12H17N3O5S. The Kier molecular flexibility index (Phi) is 4.45. The van der Waals surface area contributed by atoms with Crippen molar-refractivity contribution in [1.82, 2.24) is 0 Å². The van der Waals surface area contributed by atoms with Crippen LogP contribution >= 0.6 is 0 Å². The number of nitro benzene ring substituents is 1. The molecule has 116 valence electrons. The average molecular weight is 315 g/mol. The van der Waals surface area contributed by atoms with E-state index < -0.39 is 14.9 Å². The van der Waals surface area contributed by atoms with Crippen molar-refractivity contribution in [2.75, 3.05) is 25.2 Å². The van der Waals surface area contributed by atoms with Gasteiger partial charge in [-0.2, -0.15) is 0 Å². The van der Waals surface area contributed by atoms with Crippen molar-refractivity contribution in [2.45, 2.75) is 23.8 Å². The van der Waals surface area contributed by atoms with E-state index in [1.54, 1.807) is 11.9 Å².